The smallest absolute Gasteiger partial charge is 0.333 e. The third kappa shape index (κ3) is 3.04. The lowest BCUT2D eigenvalue weighted by Crippen LogP contribution is -2.45. The average molecular weight is 367 g/mol. The maximum atomic E-state index is 13.4. The van der Waals surface area contributed by atoms with Crippen molar-refractivity contribution in [3.8, 4) is 0 Å². The Kier molecular flexibility index (Phi) is 4.46. The van der Waals surface area contributed by atoms with Gasteiger partial charge in [0.25, 0.3) is 5.91 Å². The summed E-state index contributed by atoms with van der Waals surface area (Å²) in [6, 6.07) is 3.40. The van der Waals surface area contributed by atoms with Gasteiger partial charge in [0.1, 0.15) is 0 Å². The van der Waals surface area contributed by atoms with Crippen molar-refractivity contribution >= 4 is 11.9 Å². The summed E-state index contributed by atoms with van der Waals surface area (Å²) >= 11 is 0. The van der Waals surface area contributed by atoms with Crippen molar-refractivity contribution in [1.82, 2.24) is 15.1 Å². The van der Waals surface area contributed by atoms with Crippen molar-refractivity contribution in [1.29, 1.82) is 0 Å². The fourth-order valence-electron chi connectivity index (χ4n) is 3.45. The predicted octanol–water partition coefficient (Wildman–Crippen LogP) is 3.15. The molecule has 0 saturated carbocycles. The lowest BCUT2D eigenvalue weighted by molar-refractivity contribution is -0.138. The molecule has 1 aromatic rings. The van der Waals surface area contributed by atoms with Crippen LogP contribution in [0.4, 0.5) is 18.0 Å². The molecule has 8 heteroatoms. The highest BCUT2D eigenvalue weighted by atomic mass is 19.4. The summed E-state index contributed by atoms with van der Waals surface area (Å²) in [5.74, 6) is -0.127. The first-order valence-corrected chi connectivity index (χ1v) is 8.34. The van der Waals surface area contributed by atoms with Gasteiger partial charge in [0.05, 0.1) is 29.4 Å². The number of rotatable bonds is 3. The minimum absolute atomic E-state index is 0.117. The molecule has 0 bridgehead atoms. The Hall–Kier alpha value is -2.51. The van der Waals surface area contributed by atoms with E-state index in [1.165, 1.54) is 30.1 Å². The van der Waals surface area contributed by atoms with Gasteiger partial charge < -0.3 is 10.2 Å². The Morgan fingerprint density at radius 2 is 1.88 bits per heavy atom. The molecule has 1 N–H and O–H groups in total. The number of halogens is 3. The molecule has 0 aromatic heterocycles. The van der Waals surface area contributed by atoms with Gasteiger partial charge in [0, 0.05) is 13.6 Å². The number of likely N-dealkylation sites (N-methyl/N-ethyl adjacent to an activating group) is 1. The van der Waals surface area contributed by atoms with Crippen LogP contribution in [0.1, 0.15) is 31.0 Å². The molecule has 140 valence electrons. The van der Waals surface area contributed by atoms with E-state index in [0.29, 0.717) is 12.2 Å². The molecule has 0 saturated heterocycles. The highest BCUT2D eigenvalue weighted by Gasteiger charge is 2.45. The Balaban J connectivity index is 2.09. The zero-order valence-electron chi connectivity index (χ0n) is 14.7. The number of nitrogens with one attached hydrogen (secondary N) is 1. The molecule has 2 heterocycles. The molecule has 0 fully saturated rings. The van der Waals surface area contributed by atoms with Gasteiger partial charge in [-0.2, -0.15) is 13.2 Å². The summed E-state index contributed by atoms with van der Waals surface area (Å²) < 4.78 is 40.3. The molecule has 0 unspecified atom stereocenters. The van der Waals surface area contributed by atoms with Crippen molar-refractivity contribution in [2.75, 3.05) is 20.1 Å². The number of carbonyl (C=O) groups is 2. The number of urea groups is 1. The van der Waals surface area contributed by atoms with Crippen LogP contribution < -0.4 is 5.32 Å². The van der Waals surface area contributed by atoms with Crippen LogP contribution >= 0.6 is 0 Å². The number of alkyl halides is 3. The topological polar surface area (TPSA) is 52.7 Å². The van der Waals surface area contributed by atoms with Gasteiger partial charge >= 0.3 is 12.2 Å². The first kappa shape index (κ1) is 18.3. The molecule has 1 atom stereocenters. The normalized spacial score (nSPS) is 20.8. The Morgan fingerprint density at radius 1 is 1.23 bits per heavy atom. The van der Waals surface area contributed by atoms with E-state index >= 15 is 0 Å². The van der Waals surface area contributed by atoms with E-state index < -0.39 is 23.8 Å². The first-order chi connectivity index (χ1) is 12.1. The molecular weight excluding hydrogens is 347 g/mol. The van der Waals surface area contributed by atoms with E-state index in [2.05, 4.69) is 5.32 Å². The van der Waals surface area contributed by atoms with E-state index in [1.54, 1.807) is 4.90 Å². The second-order valence-electron chi connectivity index (χ2n) is 6.97. The van der Waals surface area contributed by atoms with Crippen LogP contribution in [-0.2, 0) is 11.0 Å². The molecule has 3 amide bonds. The zero-order valence-corrected chi connectivity index (χ0v) is 14.7. The highest BCUT2D eigenvalue weighted by molar-refractivity contribution is 6.01. The van der Waals surface area contributed by atoms with Crippen molar-refractivity contribution < 1.29 is 22.8 Å². The molecule has 0 spiro atoms. The van der Waals surface area contributed by atoms with E-state index in [1.807, 2.05) is 13.8 Å². The minimum Gasteiger partial charge on any atom is -0.333 e. The maximum absolute atomic E-state index is 13.4. The number of benzene rings is 1. The van der Waals surface area contributed by atoms with Crippen LogP contribution in [0.2, 0.25) is 0 Å². The van der Waals surface area contributed by atoms with E-state index in [0.717, 1.165) is 6.07 Å². The molecule has 26 heavy (non-hydrogen) atoms. The van der Waals surface area contributed by atoms with E-state index in [9.17, 15) is 22.8 Å². The monoisotopic (exact) mass is 367 g/mol. The van der Waals surface area contributed by atoms with Crippen LogP contribution in [-0.4, -0.2) is 41.9 Å². The van der Waals surface area contributed by atoms with Crippen molar-refractivity contribution in [2.45, 2.75) is 26.1 Å². The first-order valence-electron chi connectivity index (χ1n) is 8.34. The van der Waals surface area contributed by atoms with Crippen LogP contribution in [0.5, 0.6) is 0 Å². The molecule has 3 rings (SSSR count). The molecule has 2 aliphatic heterocycles. The molecular formula is C18H20F3N3O2. The standard InChI is InChI=1S/C18H20F3N3O2/c1-10(2)8-24-9-13-14(16(24)25)15(22-17(26)23(13)3)11-6-4-5-7-12(11)18(19,20)21/h4-7,10,15H,8-9H2,1-3H3,(H,22,26)/t15-/m1/s1. The van der Waals surface area contributed by atoms with E-state index in [4.69, 9.17) is 0 Å². The summed E-state index contributed by atoms with van der Waals surface area (Å²) in [6.45, 7) is 4.60. The van der Waals surface area contributed by atoms with Crippen LogP contribution in [0, 0.1) is 5.92 Å². The van der Waals surface area contributed by atoms with Gasteiger partial charge in [0.2, 0.25) is 0 Å². The lowest BCUT2D eigenvalue weighted by Gasteiger charge is -2.32. The second kappa shape index (κ2) is 6.34. The van der Waals surface area contributed by atoms with Gasteiger partial charge in [-0.05, 0) is 17.5 Å². The third-order valence-electron chi connectivity index (χ3n) is 4.60. The fourth-order valence-corrected chi connectivity index (χ4v) is 3.45. The molecule has 0 radical (unpaired) electrons. The number of carbonyl (C=O) groups excluding carboxylic acids is 2. The third-order valence-corrected chi connectivity index (χ3v) is 4.60. The summed E-state index contributed by atoms with van der Waals surface area (Å²) in [6.07, 6.45) is -4.58. The zero-order chi connectivity index (χ0) is 19.2. The van der Waals surface area contributed by atoms with Crippen molar-refractivity contribution in [3.63, 3.8) is 0 Å². The SMILES string of the molecule is CC(C)CN1CC2=C(C1=O)[C@@H](c1ccccc1C(F)(F)F)NC(=O)N2C. The molecule has 2 aliphatic rings. The van der Waals surface area contributed by atoms with Crippen LogP contribution in [0.3, 0.4) is 0 Å². The molecule has 1 aromatic carbocycles. The van der Waals surface area contributed by atoms with Gasteiger partial charge in [-0.25, -0.2) is 4.79 Å². The number of hydrogen-bond donors (Lipinski definition) is 1. The average Bonchev–Trinajstić information content (AvgIpc) is 2.87. The fraction of sp³-hybridized carbons (Fsp3) is 0.444. The largest absolute Gasteiger partial charge is 0.416 e. The number of hydrogen-bond acceptors (Lipinski definition) is 2. The minimum atomic E-state index is -4.58. The van der Waals surface area contributed by atoms with Crippen LogP contribution in [0.15, 0.2) is 35.5 Å². The van der Waals surface area contributed by atoms with Crippen molar-refractivity contribution in [3.05, 3.63) is 46.7 Å². The van der Waals surface area contributed by atoms with Crippen LogP contribution in [0.25, 0.3) is 0 Å². The Labute approximate surface area is 149 Å². The van der Waals surface area contributed by atoms with Gasteiger partial charge in [-0.1, -0.05) is 32.0 Å². The highest BCUT2D eigenvalue weighted by Crippen LogP contribution is 2.41. The number of nitrogens with zero attached hydrogens (tertiary/aromatic N) is 2. The lowest BCUT2D eigenvalue weighted by atomic mass is 9.92. The van der Waals surface area contributed by atoms with Gasteiger partial charge in [0.15, 0.2) is 0 Å². The quantitative estimate of drug-likeness (QED) is 0.892. The Bertz CT molecular complexity index is 786. The van der Waals surface area contributed by atoms with Crippen molar-refractivity contribution in [2.24, 2.45) is 5.92 Å². The summed E-state index contributed by atoms with van der Waals surface area (Å²) in [4.78, 5) is 28.1. The molecule has 0 aliphatic carbocycles. The van der Waals surface area contributed by atoms with Gasteiger partial charge in [-0.3, -0.25) is 9.69 Å². The summed E-state index contributed by atoms with van der Waals surface area (Å²) in [7, 11) is 1.52. The predicted molar refractivity (Wildman–Crippen MR) is 88.9 cm³/mol. The van der Waals surface area contributed by atoms with E-state index in [-0.39, 0.29) is 29.5 Å². The Morgan fingerprint density at radius 3 is 2.50 bits per heavy atom. The molecule has 5 nitrogen and oxygen atoms in total. The van der Waals surface area contributed by atoms with Gasteiger partial charge in [-0.15, -0.1) is 0 Å². The maximum Gasteiger partial charge on any atom is 0.416 e. The second-order valence-corrected chi connectivity index (χ2v) is 6.97. The summed E-state index contributed by atoms with van der Waals surface area (Å²) in [5, 5.41) is 2.55. The summed E-state index contributed by atoms with van der Waals surface area (Å²) in [5.41, 5.74) is -0.295. The number of amides is 3.